The average Bonchev–Trinajstić information content (AvgIpc) is 3.72. The van der Waals surface area contributed by atoms with Crippen LogP contribution in [0.2, 0.25) is 5.02 Å². The van der Waals surface area contributed by atoms with E-state index in [9.17, 15) is 18.3 Å². The normalized spacial score (nSPS) is 14.0. The van der Waals surface area contributed by atoms with Gasteiger partial charge in [0, 0.05) is 74.5 Å². The first kappa shape index (κ1) is 45.4. The number of nitrogens with zero attached hydrogens (tertiary/aromatic N) is 6. The molecule has 0 bridgehead atoms. The zero-order valence-corrected chi connectivity index (χ0v) is 38.6. The van der Waals surface area contributed by atoms with E-state index in [1.807, 2.05) is 43.3 Å². The summed E-state index contributed by atoms with van der Waals surface area (Å²) >= 11 is 8.26. The fourth-order valence-electron chi connectivity index (χ4n) is 7.70. The van der Waals surface area contributed by atoms with Crippen LogP contribution in [-0.4, -0.2) is 114 Å². The molecule has 14 nitrogen and oxygen atoms in total. The molecule has 0 unspecified atom stereocenters. The van der Waals surface area contributed by atoms with Crippen molar-refractivity contribution in [1.29, 1.82) is 0 Å². The molecular weight excluding hydrogens is 888 g/mol. The third-order valence-corrected chi connectivity index (χ3v) is 13.6. The number of sulfone groups is 1. The molecule has 336 valence electrons. The predicted octanol–water partition coefficient (Wildman–Crippen LogP) is 8.14. The summed E-state index contributed by atoms with van der Waals surface area (Å²) in [5, 5.41) is 11.7. The third-order valence-electron chi connectivity index (χ3n) is 11.2. The van der Waals surface area contributed by atoms with Crippen LogP contribution < -0.4 is 18.9 Å². The SMILES string of the molecule is COc1cccc(-c2ncc3snc(O[C@H](Cc4ccccc4OCc4ccnc(-c5ccccc5S(C)(=O)=O)n4)C(=O)O)c3c2-c2ccc(OCCN3CCN(C)CC3)c(Cl)c2C)c1. The highest BCUT2D eigenvalue weighted by atomic mass is 35.5. The molecule has 1 aliphatic rings. The van der Waals surface area contributed by atoms with Crippen LogP contribution in [0.1, 0.15) is 16.8 Å². The molecule has 1 fully saturated rings. The molecule has 4 heterocycles. The maximum absolute atomic E-state index is 13.1. The Morgan fingerprint density at radius 3 is 2.49 bits per heavy atom. The second-order valence-electron chi connectivity index (χ2n) is 15.7. The van der Waals surface area contributed by atoms with Crippen molar-refractivity contribution in [3.8, 4) is 56.9 Å². The number of hydrogen-bond acceptors (Lipinski definition) is 14. The van der Waals surface area contributed by atoms with Crippen LogP contribution in [-0.2, 0) is 27.7 Å². The second-order valence-corrected chi connectivity index (χ2v) is 18.8. The molecule has 0 saturated carbocycles. The average molecular weight is 936 g/mol. The fraction of sp³-hybridized carbons (Fsp3) is 0.271. The molecule has 1 aliphatic heterocycles. The van der Waals surface area contributed by atoms with Crippen molar-refractivity contribution >= 4 is 49.0 Å². The molecule has 1 atom stereocenters. The van der Waals surface area contributed by atoms with Gasteiger partial charge in [-0.2, -0.15) is 4.37 Å². The smallest absolute Gasteiger partial charge is 0.345 e. The van der Waals surface area contributed by atoms with Crippen molar-refractivity contribution in [3.63, 3.8) is 0 Å². The number of rotatable bonds is 17. The lowest BCUT2D eigenvalue weighted by Gasteiger charge is -2.32. The monoisotopic (exact) mass is 934 g/mol. The van der Waals surface area contributed by atoms with Crippen LogP contribution in [0.5, 0.6) is 23.1 Å². The van der Waals surface area contributed by atoms with Crippen LogP contribution in [0.3, 0.4) is 0 Å². The first-order valence-electron chi connectivity index (χ1n) is 20.9. The first-order valence-corrected chi connectivity index (χ1v) is 23.9. The van der Waals surface area contributed by atoms with E-state index in [1.54, 1.807) is 61.8 Å². The van der Waals surface area contributed by atoms with E-state index in [2.05, 4.69) is 31.2 Å². The zero-order chi connectivity index (χ0) is 45.7. The van der Waals surface area contributed by atoms with Gasteiger partial charge in [0.05, 0.1) is 38.5 Å². The summed E-state index contributed by atoms with van der Waals surface area (Å²) in [7, 11) is 0.183. The van der Waals surface area contributed by atoms with Gasteiger partial charge in [-0.3, -0.25) is 9.88 Å². The lowest BCUT2D eigenvalue weighted by atomic mass is 9.93. The molecule has 0 radical (unpaired) electrons. The summed E-state index contributed by atoms with van der Waals surface area (Å²) in [5.74, 6) is 0.782. The minimum absolute atomic E-state index is 0.00565. The number of aliphatic carboxylic acids is 1. The number of pyridine rings is 1. The van der Waals surface area contributed by atoms with Gasteiger partial charge in [0.25, 0.3) is 0 Å². The Kier molecular flexibility index (Phi) is 13.9. The molecule has 1 N–H and O–H groups in total. The number of para-hydroxylation sites is 1. The quantitative estimate of drug-likeness (QED) is 0.0930. The number of ether oxygens (including phenoxy) is 4. The molecule has 8 rings (SSSR count). The highest BCUT2D eigenvalue weighted by Gasteiger charge is 2.28. The molecular formula is C48H47ClN6O8S2. The van der Waals surface area contributed by atoms with Crippen LogP contribution >= 0.6 is 23.1 Å². The van der Waals surface area contributed by atoms with Crippen molar-refractivity contribution in [3.05, 3.63) is 125 Å². The molecule has 4 aromatic carbocycles. The minimum atomic E-state index is -3.55. The van der Waals surface area contributed by atoms with Crippen molar-refractivity contribution in [2.24, 2.45) is 0 Å². The zero-order valence-electron chi connectivity index (χ0n) is 36.2. The molecule has 1 saturated heterocycles. The lowest BCUT2D eigenvalue weighted by molar-refractivity contribution is -0.145. The summed E-state index contributed by atoms with van der Waals surface area (Å²) in [6, 6.07) is 26.7. The summed E-state index contributed by atoms with van der Waals surface area (Å²) in [6.07, 6.45) is 2.93. The Morgan fingerprint density at radius 2 is 1.71 bits per heavy atom. The van der Waals surface area contributed by atoms with Crippen molar-refractivity contribution in [2.45, 2.75) is 31.0 Å². The number of carboxylic acid groups (broad SMARTS) is 1. The Balaban J connectivity index is 1.09. The molecule has 0 aliphatic carbocycles. The molecule has 7 aromatic rings. The summed E-state index contributed by atoms with van der Waals surface area (Å²) < 4.78 is 54.8. The molecule has 0 amide bonds. The number of carboxylic acids is 1. The van der Waals surface area contributed by atoms with Gasteiger partial charge in [0.15, 0.2) is 15.7 Å². The molecule has 0 spiro atoms. The van der Waals surface area contributed by atoms with Gasteiger partial charge in [-0.25, -0.2) is 23.2 Å². The van der Waals surface area contributed by atoms with E-state index >= 15 is 0 Å². The van der Waals surface area contributed by atoms with Crippen molar-refractivity contribution in [2.75, 3.05) is 59.7 Å². The largest absolute Gasteiger partial charge is 0.497 e. The van der Waals surface area contributed by atoms with Gasteiger partial charge in [-0.1, -0.05) is 60.1 Å². The number of carbonyl (C=O) groups is 1. The van der Waals surface area contributed by atoms with Crippen LogP contribution in [0.15, 0.2) is 108 Å². The summed E-state index contributed by atoms with van der Waals surface area (Å²) in [5.41, 5.74) is 4.96. The molecule has 65 heavy (non-hydrogen) atoms. The lowest BCUT2D eigenvalue weighted by Crippen LogP contribution is -2.45. The number of piperazine rings is 1. The van der Waals surface area contributed by atoms with Gasteiger partial charge in [0.2, 0.25) is 12.0 Å². The highest BCUT2D eigenvalue weighted by molar-refractivity contribution is 7.90. The standard InChI is InChI=1S/C48H47ClN6O8S2/c1-30-35(16-17-38(44(30)49)61-25-24-55-22-20-54(2)21-23-55)42-43-40(28-51-45(42)32-11-9-12-34(26-32)60-3)64-53-47(43)63-39(48(56)57)27-31-10-5-7-14-37(31)62-29-33-18-19-50-46(52-33)36-13-6-8-15-41(36)65(4,58)59/h5-19,26,28,39H,20-25,27,29H2,1-4H3,(H,56,57)/t39-/m1/s1. The maximum Gasteiger partial charge on any atom is 0.345 e. The van der Waals surface area contributed by atoms with Crippen LogP contribution in [0.25, 0.3) is 43.9 Å². The van der Waals surface area contributed by atoms with E-state index in [0.29, 0.717) is 67.0 Å². The Labute approximate surface area is 386 Å². The van der Waals surface area contributed by atoms with Crippen LogP contribution in [0, 0.1) is 6.92 Å². The number of hydrogen-bond donors (Lipinski definition) is 1. The van der Waals surface area contributed by atoms with E-state index in [0.717, 1.165) is 67.2 Å². The molecule has 3 aromatic heterocycles. The maximum atomic E-state index is 13.1. The van der Waals surface area contributed by atoms with Gasteiger partial charge in [0.1, 0.15) is 30.5 Å². The Bertz CT molecular complexity index is 2960. The van der Waals surface area contributed by atoms with Gasteiger partial charge in [-0.05, 0) is 84.7 Å². The topological polar surface area (TPSA) is 166 Å². The van der Waals surface area contributed by atoms with Gasteiger partial charge < -0.3 is 29.0 Å². The number of benzene rings is 4. The second kappa shape index (κ2) is 19.9. The number of halogens is 1. The fourth-order valence-corrected chi connectivity index (χ4v) is 9.50. The van der Waals surface area contributed by atoms with Gasteiger partial charge >= 0.3 is 5.97 Å². The van der Waals surface area contributed by atoms with E-state index in [-0.39, 0.29) is 29.6 Å². The number of likely N-dealkylation sites (N-methyl/N-ethyl adjacent to an activating group) is 1. The van der Waals surface area contributed by atoms with E-state index in [1.165, 1.54) is 12.3 Å². The van der Waals surface area contributed by atoms with Crippen molar-refractivity contribution < 1.29 is 37.3 Å². The highest BCUT2D eigenvalue weighted by Crippen LogP contribution is 2.46. The molecule has 17 heteroatoms. The first-order chi connectivity index (χ1) is 31.4. The number of fused-ring (bicyclic) bond motifs is 1. The van der Waals surface area contributed by atoms with E-state index < -0.39 is 21.9 Å². The number of methoxy groups -OCH3 is 1. The summed E-state index contributed by atoms with van der Waals surface area (Å²) in [4.78, 5) is 31.7. The number of aromatic nitrogens is 4. The Hall–Kier alpha value is -6.17. The van der Waals surface area contributed by atoms with Gasteiger partial charge in [-0.15, -0.1) is 0 Å². The third kappa shape index (κ3) is 10.4. The Morgan fingerprint density at radius 1 is 0.923 bits per heavy atom. The summed E-state index contributed by atoms with van der Waals surface area (Å²) in [6.45, 7) is 7.18. The predicted molar refractivity (Wildman–Crippen MR) is 251 cm³/mol. The van der Waals surface area contributed by atoms with Crippen molar-refractivity contribution in [1.82, 2.24) is 29.1 Å². The minimum Gasteiger partial charge on any atom is -0.497 e. The van der Waals surface area contributed by atoms with E-state index in [4.69, 9.17) is 35.5 Å². The van der Waals surface area contributed by atoms with Crippen LogP contribution in [0.4, 0.5) is 0 Å².